The van der Waals surface area contributed by atoms with Crippen molar-refractivity contribution in [3.8, 4) is 17.0 Å². The molecule has 0 aliphatic carbocycles. The molecule has 1 aliphatic rings. The number of methoxy groups -OCH3 is 1. The van der Waals surface area contributed by atoms with E-state index in [1.54, 1.807) is 24.1 Å². The van der Waals surface area contributed by atoms with E-state index in [9.17, 15) is 14.0 Å². The van der Waals surface area contributed by atoms with E-state index in [4.69, 9.17) is 9.72 Å². The molecule has 6 nitrogen and oxygen atoms in total. The Morgan fingerprint density at radius 3 is 2.31 bits per heavy atom. The van der Waals surface area contributed by atoms with Gasteiger partial charge in [-0.2, -0.15) is 0 Å². The number of anilines is 1. The zero-order chi connectivity index (χ0) is 25.2. The van der Waals surface area contributed by atoms with Crippen molar-refractivity contribution in [3.63, 3.8) is 0 Å². The Labute approximate surface area is 208 Å². The van der Waals surface area contributed by atoms with Gasteiger partial charge in [0, 0.05) is 42.7 Å². The molecule has 2 heterocycles. The lowest BCUT2D eigenvalue weighted by atomic mass is 10.0. The summed E-state index contributed by atoms with van der Waals surface area (Å²) in [6, 6.07) is 21.6. The summed E-state index contributed by atoms with van der Waals surface area (Å²) in [4.78, 5) is 33.7. The summed E-state index contributed by atoms with van der Waals surface area (Å²) in [5, 5.41) is 0.799. The molecule has 4 aromatic rings. The Bertz CT molecular complexity index is 1440. The number of para-hydroxylation sites is 1. The highest BCUT2D eigenvalue weighted by Gasteiger charge is 2.26. The molecule has 7 heteroatoms. The monoisotopic (exact) mass is 483 g/mol. The Kier molecular flexibility index (Phi) is 6.38. The van der Waals surface area contributed by atoms with Crippen molar-refractivity contribution < 1.29 is 18.7 Å². The van der Waals surface area contributed by atoms with Crippen molar-refractivity contribution in [2.75, 3.05) is 38.2 Å². The van der Waals surface area contributed by atoms with Crippen LogP contribution in [-0.4, -0.2) is 54.9 Å². The zero-order valence-electron chi connectivity index (χ0n) is 20.2. The van der Waals surface area contributed by atoms with Crippen LogP contribution in [0.3, 0.4) is 0 Å². The molecule has 1 fully saturated rings. The minimum atomic E-state index is -0.424. The van der Waals surface area contributed by atoms with Gasteiger partial charge in [-0.3, -0.25) is 9.59 Å². The number of hydrogen-bond donors (Lipinski definition) is 0. The molecule has 0 N–H and O–H groups in total. The zero-order valence-corrected chi connectivity index (χ0v) is 20.2. The van der Waals surface area contributed by atoms with Crippen LogP contribution in [-0.2, 0) is 0 Å². The number of piperazine rings is 1. The van der Waals surface area contributed by atoms with E-state index in [1.807, 2.05) is 59.5 Å². The van der Waals surface area contributed by atoms with Crippen LogP contribution in [0.15, 0.2) is 72.8 Å². The molecule has 0 radical (unpaired) electrons. The third-order valence-electron chi connectivity index (χ3n) is 6.59. The van der Waals surface area contributed by atoms with Crippen molar-refractivity contribution in [3.05, 3.63) is 89.7 Å². The van der Waals surface area contributed by atoms with Crippen molar-refractivity contribution in [2.45, 2.75) is 6.92 Å². The second-order valence-corrected chi connectivity index (χ2v) is 8.80. The summed E-state index contributed by atoms with van der Waals surface area (Å²) in [5.41, 5.74) is 3.75. The highest BCUT2D eigenvalue weighted by Crippen LogP contribution is 2.28. The SMILES string of the molecule is COc1ccc(-c2cc(C(=O)N3CCN(c4ccc(C(C)=O)cc4F)CC3)c3ccccc3n2)cc1. The molecule has 182 valence electrons. The maximum atomic E-state index is 14.7. The summed E-state index contributed by atoms with van der Waals surface area (Å²) in [6.45, 7) is 3.33. The Balaban J connectivity index is 1.40. The first-order valence-corrected chi connectivity index (χ1v) is 11.8. The number of pyridine rings is 1. The van der Waals surface area contributed by atoms with Crippen LogP contribution in [0.5, 0.6) is 5.75 Å². The third kappa shape index (κ3) is 4.52. The number of ketones is 1. The molecular formula is C29H26FN3O3. The van der Waals surface area contributed by atoms with Crippen LogP contribution in [0.1, 0.15) is 27.6 Å². The highest BCUT2D eigenvalue weighted by molar-refractivity contribution is 6.07. The number of benzene rings is 3. The van der Waals surface area contributed by atoms with E-state index < -0.39 is 5.82 Å². The number of ether oxygens (including phenoxy) is 1. The summed E-state index contributed by atoms with van der Waals surface area (Å²) >= 11 is 0. The topological polar surface area (TPSA) is 62.7 Å². The lowest BCUT2D eigenvalue weighted by Gasteiger charge is -2.36. The second kappa shape index (κ2) is 9.77. The Hall–Kier alpha value is -4.26. The van der Waals surface area contributed by atoms with Crippen molar-refractivity contribution in [1.29, 1.82) is 0 Å². The predicted octanol–water partition coefficient (Wildman–Crippen LogP) is 5.21. The molecule has 1 aliphatic heterocycles. The predicted molar refractivity (Wildman–Crippen MR) is 138 cm³/mol. The molecule has 1 aromatic heterocycles. The van der Waals surface area contributed by atoms with Gasteiger partial charge in [-0.25, -0.2) is 9.37 Å². The number of aromatic nitrogens is 1. The van der Waals surface area contributed by atoms with Crippen molar-refractivity contribution >= 4 is 28.3 Å². The van der Waals surface area contributed by atoms with Crippen molar-refractivity contribution in [1.82, 2.24) is 9.88 Å². The van der Waals surface area contributed by atoms with Gasteiger partial charge in [-0.1, -0.05) is 18.2 Å². The summed E-state index contributed by atoms with van der Waals surface area (Å²) < 4.78 is 19.9. The van der Waals surface area contributed by atoms with Gasteiger partial charge in [0.05, 0.1) is 29.6 Å². The van der Waals surface area contributed by atoms with Gasteiger partial charge in [0.1, 0.15) is 11.6 Å². The first-order valence-electron chi connectivity index (χ1n) is 11.8. The van der Waals surface area contributed by atoms with Crippen LogP contribution in [0.25, 0.3) is 22.2 Å². The minimum absolute atomic E-state index is 0.0737. The second-order valence-electron chi connectivity index (χ2n) is 8.80. The lowest BCUT2D eigenvalue weighted by molar-refractivity contribution is 0.0748. The van der Waals surface area contributed by atoms with E-state index in [1.165, 1.54) is 13.0 Å². The molecule has 36 heavy (non-hydrogen) atoms. The number of hydrogen-bond acceptors (Lipinski definition) is 5. The number of fused-ring (bicyclic) bond motifs is 1. The van der Waals surface area contributed by atoms with Crippen LogP contribution >= 0.6 is 0 Å². The van der Waals surface area contributed by atoms with Crippen LogP contribution in [0.4, 0.5) is 10.1 Å². The van der Waals surface area contributed by atoms with Crippen LogP contribution in [0, 0.1) is 5.82 Å². The fourth-order valence-corrected chi connectivity index (χ4v) is 4.57. The molecule has 0 bridgehead atoms. The normalized spacial score (nSPS) is 13.6. The molecule has 0 spiro atoms. The van der Waals surface area contributed by atoms with Gasteiger partial charge in [0.25, 0.3) is 5.91 Å². The quantitative estimate of drug-likeness (QED) is 0.365. The van der Waals surface area contributed by atoms with E-state index in [0.29, 0.717) is 48.7 Å². The van der Waals surface area contributed by atoms with Gasteiger partial charge in [-0.15, -0.1) is 0 Å². The molecule has 3 aromatic carbocycles. The maximum Gasteiger partial charge on any atom is 0.254 e. The standard InChI is InChI=1S/C29H26FN3O3/c1-19(34)21-9-12-28(25(30)17-21)32-13-15-33(16-14-32)29(35)24-18-27(20-7-10-22(36-2)11-8-20)31-26-6-4-3-5-23(24)26/h3-12,17-18H,13-16H2,1-2H3. The first-order chi connectivity index (χ1) is 17.4. The number of Topliss-reactive ketones (excluding diaryl/α,β-unsaturated/α-hetero) is 1. The van der Waals surface area contributed by atoms with E-state index in [2.05, 4.69) is 0 Å². The van der Waals surface area contributed by atoms with Gasteiger partial charge in [0.2, 0.25) is 0 Å². The molecule has 1 amide bonds. The molecule has 1 saturated heterocycles. The number of amides is 1. The highest BCUT2D eigenvalue weighted by atomic mass is 19.1. The number of carbonyl (C=O) groups is 2. The molecule has 0 unspecified atom stereocenters. The number of nitrogens with zero attached hydrogens (tertiary/aromatic N) is 3. The molecule has 5 rings (SSSR count). The fraction of sp³-hybridized carbons (Fsp3) is 0.207. The number of rotatable bonds is 5. The van der Waals surface area contributed by atoms with Gasteiger partial charge >= 0.3 is 0 Å². The average Bonchev–Trinajstić information content (AvgIpc) is 2.92. The van der Waals surface area contributed by atoms with Gasteiger partial charge in [0.15, 0.2) is 5.78 Å². The third-order valence-corrected chi connectivity index (χ3v) is 6.59. The number of carbonyl (C=O) groups excluding carboxylic acids is 2. The first kappa shape index (κ1) is 23.5. The van der Waals surface area contributed by atoms with Crippen molar-refractivity contribution in [2.24, 2.45) is 0 Å². The average molecular weight is 484 g/mol. The van der Waals surface area contributed by atoms with Crippen LogP contribution < -0.4 is 9.64 Å². The van der Waals surface area contributed by atoms with Gasteiger partial charge in [-0.05, 0) is 61.5 Å². The van der Waals surface area contributed by atoms with E-state index in [0.717, 1.165) is 22.2 Å². The van der Waals surface area contributed by atoms with Gasteiger partial charge < -0.3 is 14.5 Å². The van der Waals surface area contributed by atoms with Crippen LogP contribution in [0.2, 0.25) is 0 Å². The summed E-state index contributed by atoms with van der Waals surface area (Å²) in [6.07, 6.45) is 0. The number of halogens is 1. The minimum Gasteiger partial charge on any atom is -0.497 e. The van der Waals surface area contributed by atoms with E-state index in [-0.39, 0.29) is 11.7 Å². The maximum absolute atomic E-state index is 14.7. The largest absolute Gasteiger partial charge is 0.497 e. The van der Waals surface area contributed by atoms with E-state index >= 15 is 0 Å². The summed E-state index contributed by atoms with van der Waals surface area (Å²) in [5.74, 6) is 0.0812. The fourth-order valence-electron chi connectivity index (χ4n) is 4.57. The molecule has 0 atom stereocenters. The smallest absolute Gasteiger partial charge is 0.254 e. The molecule has 0 saturated carbocycles. The molecular weight excluding hydrogens is 457 g/mol. The lowest BCUT2D eigenvalue weighted by Crippen LogP contribution is -2.49. The Morgan fingerprint density at radius 1 is 0.917 bits per heavy atom. The summed E-state index contributed by atoms with van der Waals surface area (Å²) in [7, 11) is 1.62. The Morgan fingerprint density at radius 2 is 1.64 bits per heavy atom.